The van der Waals surface area contributed by atoms with Crippen LogP contribution in [0.3, 0.4) is 0 Å². The Morgan fingerprint density at radius 3 is 2.48 bits per heavy atom. The summed E-state index contributed by atoms with van der Waals surface area (Å²) in [7, 11) is -2.44. The molecule has 10 heteroatoms. The highest BCUT2D eigenvalue weighted by molar-refractivity contribution is 7.91. The second-order valence-electron chi connectivity index (χ2n) is 9.32. The smallest absolute Gasteiger partial charge is 0.334 e. The summed E-state index contributed by atoms with van der Waals surface area (Å²) in [6, 6.07) is 1.23. The maximum absolute atomic E-state index is 13.5. The number of aryl methyl sites for hydroxylation is 3. The zero-order chi connectivity index (χ0) is 23.2. The molecule has 0 radical (unpaired) electrons. The van der Waals surface area contributed by atoms with Crippen molar-refractivity contribution in [1.82, 2.24) is 14.5 Å². The Bertz CT molecular complexity index is 1140. The van der Waals surface area contributed by atoms with E-state index >= 15 is 0 Å². The third kappa shape index (κ3) is 4.33. The molecule has 2 amide bonds. The van der Waals surface area contributed by atoms with Gasteiger partial charge in [-0.25, -0.2) is 13.8 Å². The lowest BCUT2D eigenvalue weighted by atomic mass is 9.99. The van der Waals surface area contributed by atoms with Gasteiger partial charge in [0.05, 0.1) is 24.0 Å². The highest BCUT2D eigenvalue weighted by Crippen LogP contribution is 2.38. The molecule has 1 saturated heterocycles. The molecule has 1 aromatic carbocycles. The molecule has 0 spiro atoms. The summed E-state index contributed by atoms with van der Waals surface area (Å²) in [5, 5.41) is 7.06. The third-order valence-corrected chi connectivity index (χ3v) is 8.40. The molecule has 1 aliphatic heterocycles. The minimum Gasteiger partial charge on any atom is -0.378 e. The molecule has 1 aromatic heterocycles. The number of anilines is 2. The van der Waals surface area contributed by atoms with Crippen LogP contribution in [0.2, 0.25) is 0 Å². The Kier molecular flexibility index (Phi) is 5.82. The zero-order valence-electron chi connectivity index (χ0n) is 19.1. The number of urea groups is 1. The van der Waals surface area contributed by atoms with E-state index in [2.05, 4.69) is 21.2 Å². The summed E-state index contributed by atoms with van der Waals surface area (Å²) in [5.41, 5.74) is 6.12. The van der Waals surface area contributed by atoms with Gasteiger partial charge in [-0.15, -0.1) is 0 Å². The van der Waals surface area contributed by atoms with Crippen LogP contribution in [-0.2, 0) is 47.7 Å². The van der Waals surface area contributed by atoms with Crippen LogP contribution in [0.15, 0.2) is 18.5 Å². The van der Waals surface area contributed by atoms with Gasteiger partial charge in [0.1, 0.15) is 0 Å². The van der Waals surface area contributed by atoms with Gasteiger partial charge >= 0.3 is 16.2 Å². The van der Waals surface area contributed by atoms with E-state index in [-0.39, 0.29) is 12.1 Å². The summed E-state index contributed by atoms with van der Waals surface area (Å²) in [6.45, 7) is 2.39. The number of carbonyl (C=O) groups is 1. The Hall–Kier alpha value is -2.59. The summed E-state index contributed by atoms with van der Waals surface area (Å²) < 4.78 is 37.7. The number of ether oxygens (including phenoxy) is 1. The van der Waals surface area contributed by atoms with E-state index in [1.54, 1.807) is 17.9 Å². The van der Waals surface area contributed by atoms with Gasteiger partial charge in [0.25, 0.3) is 0 Å². The van der Waals surface area contributed by atoms with Gasteiger partial charge in [0.15, 0.2) is 0 Å². The van der Waals surface area contributed by atoms with E-state index in [0.29, 0.717) is 25.1 Å². The van der Waals surface area contributed by atoms with Crippen molar-refractivity contribution in [3.05, 3.63) is 40.7 Å². The maximum Gasteiger partial charge on any atom is 0.334 e. The van der Waals surface area contributed by atoms with Crippen molar-refractivity contribution in [2.45, 2.75) is 70.4 Å². The molecule has 0 saturated carbocycles. The first kappa shape index (κ1) is 22.2. The predicted molar refractivity (Wildman–Crippen MR) is 126 cm³/mol. The second kappa shape index (κ2) is 8.64. The summed E-state index contributed by atoms with van der Waals surface area (Å²) in [4.78, 5) is 13.0. The van der Waals surface area contributed by atoms with Crippen molar-refractivity contribution < 1.29 is 17.9 Å². The lowest BCUT2D eigenvalue weighted by Gasteiger charge is -2.36. The van der Waals surface area contributed by atoms with Gasteiger partial charge in [-0.2, -0.15) is 13.5 Å². The highest BCUT2D eigenvalue weighted by atomic mass is 32.2. The first-order chi connectivity index (χ1) is 15.8. The molecule has 3 aliphatic rings. The van der Waals surface area contributed by atoms with E-state index < -0.39 is 16.2 Å². The fraction of sp³-hybridized carbons (Fsp3) is 0.565. The minimum atomic E-state index is -4.17. The number of rotatable bonds is 5. The number of hydrogen-bond donors (Lipinski definition) is 2. The van der Waals surface area contributed by atoms with E-state index in [1.807, 2.05) is 6.92 Å². The molecule has 2 heterocycles. The fourth-order valence-corrected chi connectivity index (χ4v) is 6.87. The monoisotopic (exact) mass is 473 g/mol. The Balaban J connectivity index is 1.41. The summed E-state index contributed by atoms with van der Waals surface area (Å²) >= 11 is 0. The Labute approximate surface area is 194 Å². The molecule has 2 atom stereocenters. The number of nitrogens with one attached hydrogen (secondary N) is 2. The highest BCUT2D eigenvalue weighted by Gasteiger charge is 2.36. The lowest BCUT2D eigenvalue weighted by molar-refractivity contribution is 0.0208. The molecule has 0 bridgehead atoms. The van der Waals surface area contributed by atoms with Crippen molar-refractivity contribution in [3.63, 3.8) is 0 Å². The Morgan fingerprint density at radius 2 is 1.88 bits per heavy atom. The maximum atomic E-state index is 13.5. The second-order valence-corrected chi connectivity index (χ2v) is 10.9. The molecule has 2 aromatic rings. The molecular weight excluding hydrogens is 442 g/mol. The molecule has 2 N–H and O–H groups in total. The summed E-state index contributed by atoms with van der Waals surface area (Å²) in [5.74, 6) is 0. The number of nitrogens with zero attached hydrogens (tertiary/aromatic N) is 3. The van der Waals surface area contributed by atoms with E-state index in [4.69, 9.17) is 4.74 Å². The topological polar surface area (TPSA) is 106 Å². The van der Waals surface area contributed by atoms with Crippen molar-refractivity contribution in [2.75, 3.05) is 16.2 Å². The van der Waals surface area contributed by atoms with E-state index in [0.717, 1.165) is 55.3 Å². The number of aromatic nitrogens is 2. The number of hydrogen-bond acceptors (Lipinski definition) is 5. The van der Waals surface area contributed by atoms with Crippen LogP contribution >= 0.6 is 0 Å². The summed E-state index contributed by atoms with van der Waals surface area (Å²) in [6.07, 6.45) is 10.1. The minimum absolute atomic E-state index is 0.0681. The first-order valence-corrected chi connectivity index (χ1v) is 13.2. The van der Waals surface area contributed by atoms with Gasteiger partial charge in [0.2, 0.25) is 0 Å². The Morgan fingerprint density at radius 1 is 1.18 bits per heavy atom. The van der Waals surface area contributed by atoms with Crippen LogP contribution in [0, 0.1) is 0 Å². The van der Waals surface area contributed by atoms with E-state index in [9.17, 15) is 13.2 Å². The number of fused-ring (bicyclic) bond motifs is 2. The van der Waals surface area contributed by atoms with Crippen LogP contribution in [0.25, 0.3) is 0 Å². The molecule has 2 aliphatic carbocycles. The SMILES string of the molecule is C[C@@H]1CC(N(c2cnn(C)c2)S(=O)(=O)NC(=O)Nc2c3c(cc4c2CCC4)CCC3)CCO1. The van der Waals surface area contributed by atoms with Crippen molar-refractivity contribution in [1.29, 1.82) is 0 Å². The standard InChI is InChI=1S/C23H31N5O4S/c1-15-11-18(9-10-32-15)28(19-13-24-27(2)14-19)33(30,31)26-23(29)25-22-20-7-3-5-16(20)12-17-6-4-8-21(17)22/h12-15,18H,3-11H2,1-2H3,(H2,25,26,29)/t15-,18?/m1/s1. The molecule has 9 nitrogen and oxygen atoms in total. The van der Waals surface area contributed by atoms with Crippen LogP contribution in [0.5, 0.6) is 0 Å². The van der Waals surface area contributed by atoms with Crippen LogP contribution < -0.4 is 14.3 Å². The lowest BCUT2D eigenvalue weighted by Crippen LogP contribution is -2.52. The van der Waals surface area contributed by atoms with Crippen LogP contribution in [0.4, 0.5) is 16.2 Å². The average Bonchev–Trinajstić information content (AvgIpc) is 3.48. The van der Waals surface area contributed by atoms with Crippen molar-refractivity contribution >= 4 is 27.6 Å². The first-order valence-electron chi connectivity index (χ1n) is 11.7. The average molecular weight is 474 g/mol. The zero-order valence-corrected chi connectivity index (χ0v) is 20.0. The van der Waals surface area contributed by atoms with Crippen molar-refractivity contribution in [3.8, 4) is 0 Å². The molecular formula is C23H31N5O4S. The normalized spacial score (nSPS) is 22.0. The van der Waals surface area contributed by atoms with Gasteiger partial charge < -0.3 is 10.1 Å². The fourth-order valence-electron chi connectivity index (χ4n) is 5.53. The van der Waals surface area contributed by atoms with Crippen LogP contribution in [0.1, 0.15) is 54.9 Å². The van der Waals surface area contributed by atoms with Gasteiger partial charge in [-0.1, -0.05) is 6.07 Å². The molecule has 1 unspecified atom stereocenters. The van der Waals surface area contributed by atoms with Gasteiger partial charge in [0, 0.05) is 25.5 Å². The molecule has 178 valence electrons. The molecule has 5 rings (SSSR count). The third-order valence-electron chi connectivity index (χ3n) is 6.93. The number of carbonyl (C=O) groups excluding carboxylic acids is 1. The molecule has 33 heavy (non-hydrogen) atoms. The largest absolute Gasteiger partial charge is 0.378 e. The van der Waals surface area contributed by atoms with Crippen molar-refractivity contribution in [2.24, 2.45) is 7.05 Å². The molecule has 1 fully saturated rings. The van der Waals surface area contributed by atoms with Gasteiger partial charge in [-0.3, -0.25) is 4.68 Å². The predicted octanol–water partition coefficient (Wildman–Crippen LogP) is 2.84. The number of benzene rings is 1. The van der Waals surface area contributed by atoms with Gasteiger partial charge in [-0.05, 0) is 80.5 Å². The van der Waals surface area contributed by atoms with E-state index in [1.165, 1.54) is 21.6 Å². The van der Waals surface area contributed by atoms with Crippen LogP contribution in [-0.4, -0.2) is 43.0 Å². The number of amides is 2. The quantitative estimate of drug-likeness (QED) is 0.695.